The van der Waals surface area contributed by atoms with E-state index in [2.05, 4.69) is 0 Å². The van der Waals surface area contributed by atoms with Crippen molar-refractivity contribution in [1.29, 1.82) is 0 Å². The van der Waals surface area contributed by atoms with Crippen LogP contribution in [0.2, 0.25) is 0 Å². The van der Waals surface area contributed by atoms with Gasteiger partial charge in [0.05, 0.1) is 5.56 Å². The number of primary amides is 1. The lowest BCUT2D eigenvalue weighted by Crippen LogP contribution is -2.41. The molecule has 7 heteroatoms. The molecule has 3 aromatic carbocycles. The zero-order valence-corrected chi connectivity index (χ0v) is 16.8. The molecule has 0 saturated heterocycles. The lowest BCUT2D eigenvalue weighted by Gasteiger charge is -2.31. The minimum absolute atomic E-state index is 0.216. The Morgan fingerprint density at radius 1 is 0.935 bits per heavy atom. The molecule has 2 amide bonds. The maximum Gasteiger partial charge on any atom is 0.416 e. The van der Waals surface area contributed by atoms with Crippen LogP contribution in [0.5, 0.6) is 0 Å². The molecule has 0 aliphatic rings. The zero-order chi connectivity index (χ0) is 22.6. The molecule has 0 radical (unpaired) electrons. The topological polar surface area (TPSA) is 63.4 Å². The van der Waals surface area contributed by atoms with E-state index in [1.54, 1.807) is 67.6 Å². The molecule has 0 aromatic heterocycles. The lowest BCUT2D eigenvalue weighted by atomic mass is 9.99. The fourth-order valence-corrected chi connectivity index (χ4v) is 3.36. The number of nitrogens with zero attached hydrogens (tertiary/aromatic N) is 1. The lowest BCUT2D eigenvalue weighted by molar-refractivity contribution is -0.137. The minimum Gasteiger partial charge on any atom is -0.368 e. The average molecular weight is 426 g/mol. The number of carbonyl (C=O) groups excluding carboxylic acids is 2. The molecule has 3 rings (SSSR count). The standard InChI is InChI=1S/C24H21F3N2O2/c1-16-12-13-20(24(25,26)27)14-19(16)15-29(23(31)18-10-6-3-7-11-18)21(22(28)30)17-8-4-2-5-9-17/h2-14,21H,15H2,1H3,(H2,28,30)/t21-/m1/s1. The molecule has 3 aromatic rings. The Hall–Kier alpha value is -3.61. The summed E-state index contributed by atoms with van der Waals surface area (Å²) >= 11 is 0. The number of hydrogen-bond acceptors (Lipinski definition) is 2. The Morgan fingerprint density at radius 2 is 1.52 bits per heavy atom. The molecule has 0 aliphatic carbocycles. The maximum atomic E-state index is 13.4. The number of alkyl halides is 3. The van der Waals surface area contributed by atoms with Crippen molar-refractivity contribution >= 4 is 11.8 Å². The van der Waals surface area contributed by atoms with Gasteiger partial charge in [-0.25, -0.2) is 0 Å². The summed E-state index contributed by atoms with van der Waals surface area (Å²) < 4.78 is 39.8. The van der Waals surface area contributed by atoms with Gasteiger partial charge in [-0.05, 0) is 47.9 Å². The second-order valence-electron chi connectivity index (χ2n) is 7.15. The molecule has 0 bridgehead atoms. The quantitative estimate of drug-likeness (QED) is 0.611. The highest BCUT2D eigenvalue weighted by Gasteiger charge is 2.33. The number of halogens is 3. The number of amides is 2. The summed E-state index contributed by atoms with van der Waals surface area (Å²) in [4.78, 5) is 27.0. The van der Waals surface area contributed by atoms with E-state index < -0.39 is 29.6 Å². The van der Waals surface area contributed by atoms with Gasteiger partial charge >= 0.3 is 6.18 Å². The fourth-order valence-electron chi connectivity index (χ4n) is 3.36. The Morgan fingerprint density at radius 3 is 2.06 bits per heavy atom. The summed E-state index contributed by atoms with van der Waals surface area (Å²) in [7, 11) is 0. The third kappa shape index (κ3) is 5.12. The maximum absolute atomic E-state index is 13.4. The third-order valence-corrected chi connectivity index (χ3v) is 5.00. The molecule has 4 nitrogen and oxygen atoms in total. The summed E-state index contributed by atoms with van der Waals surface area (Å²) in [6.45, 7) is 1.44. The van der Waals surface area contributed by atoms with Gasteiger partial charge in [-0.15, -0.1) is 0 Å². The second-order valence-corrected chi connectivity index (χ2v) is 7.15. The molecule has 160 valence electrons. The largest absolute Gasteiger partial charge is 0.416 e. The smallest absolute Gasteiger partial charge is 0.368 e. The van der Waals surface area contributed by atoms with E-state index in [-0.39, 0.29) is 12.1 Å². The number of rotatable bonds is 6. The van der Waals surface area contributed by atoms with Crippen molar-refractivity contribution in [3.05, 3.63) is 107 Å². The van der Waals surface area contributed by atoms with Crippen LogP contribution >= 0.6 is 0 Å². The van der Waals surface area contributed by atoms with Crippen LogP contribution < -0.4 is 5.73 Å². The van der Waals surface area contributed by atoms with Crippen LogP contribution in [-0.2, 0) is 17.5 Å². The minimum atomic E-state index is -4.53. The normalized spacial score (nSPS) is 12.3. The van der Waals surface area contributed by atoms with E-state index in [4.69, 9.17) is 5.73 Å². The SMILES string of the molecule is Cc1ccc(C(F)(F)F)cc1CN(C(=O)c1ccccc1)[C@@H](C(N)=O)c1ccccc1. The number of benzene rings is 3. The van der Waals surface area contributed by atoms with Crippen molar-refractivity contribution in [3.63, 3.8) is 0 Å². The third-order valence-electron chi connectivity index (χ3n) is 5.00. The highest BCUT2D eigenvalue weighted by molar-refractivity contribution is 5.97. The Kier molecular flexibility index (Phi) is 6.44. The summed E-state index contributed by atoms with van der Waals surface area (Å²) in [5, 5.41) is 0. The highest BCUT2D eigenvalue weighted by Crippen LogP contribution is 2.32. The van der Waals surface area contributed by atoms with Crippen LogP contribution in [0.15, 0.2) is 78.9 Å². The molecule has 0 spiro atoms. The molecule has 1 atom stereocenters. The van der Waals surface area contributed by atoms with Crippen molar-refractivity contribution in [1.82, 2.24) is 4.90 Å². The van der Waals surface area contributed by atoms with Gasteiger partial charge in [-0.3, -0.25) is 9.59 Å². The van der Waals surface area contributed by atoms with E-state index in [9.17, 15) is 22.8 Å². The first kappa shape index (κ1) is 22.1. The van der Waals surface area contributed by atoms with Crippen molar-refractivity contribution in [2.45, 2.75) is 25.7 Å². The van der Waals surface area contributed by atoms with Crippen LogP contribution in [0, 0.1) is 6.92 Å². The van der Waals surface area contributed by atoms with Gasteiger partial charge < -0.3 is 10.6 Å². The fraction of sp³-hybridized carbons (Fsp3) is 0.167. The highest BCUT2D eigenvalue weighted by atomic mass is 19.4. The van der Waals surface area contributed by atoms with Crippen LogP contribution in [0.1, 0.15) is 38.7 Å². The average Bonchev–Trinajstić information content (AvgIpc) is 2.74. The van der Waals surface area contributed by atoms with Crippen LogP contribution in [0.3, 0.4) is 0 Å². The van der Waals surface area contributed by atoms with Crippen molar-refractivity contribution in [2.24, 2.45) is 5.73 Å². The van der Waals surface area contributed by atoms with Gasteiger partial charge in [-0.1, -0.05) is 54.6 Å². The van der Waals surface area contributed by atoms with E-state index in [1.807, 2.05) is 0 Å². The summed E-state index contributed by atoms with van der Waals surface area (Å²) in [6, 6.07) is 18.9. The number of nitrogens with two attached hydrogens (primary N) is 1. The molecule has 2 N–H and O–H groups in total. The summed E-state index contributed by atoms with van der Waals surface area (Å²) in [5.41, 5.74) is 6.46. The van der Waals surface area contributed by atoms with Gasteiger partial charge in [0.15, 0.2) is 0 Å². The van der Waals surface area contributed by atoms with Crippen molar-refractivity contribution in [3.8, 4) is 0 Å². The first-order valence-corrected chi connectivity index (χ1v) is 9.55. The van der Waals surface area contributed by atoms with Crippen molar-refractivity contribution in [2.75, 3.05) is 0 Å². The van der Waals surface area contributed by atoms with Gasteiger partial charge in [-0.2, -0.15) is 13.2 Å². The van der Waals surface area contributed by atoms with E-state index in [0.717, 1.165) is 12.1 Å². The van der Waals surface area contributed by atoms with Crippen LogP contribution in [0.4, 0.5) is 13.2 Å². The molecular formula is C24H21F3N2O2. The molecule has 0 heterocycles. The summed E-state index contributed by atoms with van der Waals surface area (Å²) in [5.74, 6) is -1.29. The van der Waals surface area contributed by atoms with Gasteiger partial charge in [0.25, 0.3) is 5.91 Å². The van der Waals surface area contributed by atoms with Gasteiger partial charge in [0, 0.05) is 12.1 Å². The molecule has 0 saturated carbocycles. The molecular weight excluding hydrogens is 405 g/mol. The second kappa shape index (κ2) is 9.04. The predicted molar refractivity (Wildman–Crippen MR) is 111 cm³/mol. The van der Waals surface area contributed by atoms with E-state index >= 15 is 0 Å². The van der Waals surface area contributed by atoms with E-state index in [0.29, 0.717) is 16.7 Å². The first-order valence-electron chi connectivity index (χ1n) is 9.55. The molecule has 31 heavy (non-hydrogen) atoms. The Bertz CT molecular complexity index is 1070. The number of aryl methyl sites for hydroxylation is 1. The zero-order valence-electron chi connectivity index (χ0n) is 16.8. The molecule has 0 aliphatic heterocycles. The van der Waals surface area contributed by atoms with Crippen LogP contribution in [0.25, 0.3) is 0 Å². The van der Waals surface area contributed by atoms with Gasteiger partial charge in [0.2, 0.25) is 5.91 Å². The molecule has 0 fully saturated rings. The number of carbonyl (C=O) groups is 2. The predicted octanol–water partition coefficient (Wildman–Crippen LogP) is 4.88. The van der Waals surface area contributed by atoms with Gasteiger partial charge in [0.1, 0.15) is 6.04 Å². The Labute approximate surface area is 178 Å². The van der Waals surface area contributed by atoms with Crippen LogP contribution in [-0.4, -0.2) is 16.7 Å². The van der Waals surface area contributed by atoms with E-state index in [1.165, 1.54) is 11.0 Å². The first-order chi connectivity index (χ1) is 14.7. The number of hydrogen-bond donors (Lipinski definition) is 1. The van der Waals surface area contributed by atoms with Crippen molar-refractivity contribution < 1.29 is 22.8 Å². The Balaban J connectivity index is 2.11. The summed E-state index contributed by atoms with van der Waals surface area (Å²) in [6.07, 6.45) is -4.53. The molecule has 0 unspecified atom stereocenters. The monoisotopic (exact) mass is 426 g/mol.